The van der Waals surface area contributed by atoms with Crippen LogP contribution in [0.2, 0.25) is 0 Å². The van der Waals surface area contributed by atoms with Crippen molar-refractivity contribution in [3.63, 3.8) is 0 Å². The largest absolute Gasteiger partial charge is 0.478 e. The molecule has 0 aliphatic rings. The molecule has 0 aliphatic heterocycles. The Morgan fingerprint density at radius 2 is 1.93 bits per heavy atom. The second kappa shape index (κ2) is 11.2. The number of aliphatic hydroxyl groups excluding tert-OH is 2. The van der Waals surface area contributed by atoms with E-state index in [1.165, 1.54) is 6.08 Å². The molecule has 0 aliphatic carbocycles. The highest BCUT2D eigenvalue weighted by atomic mass is 16.4. The van der Waals surface area contributed by atoms with Gasteiger partial charge in [-0.3, -0.25) is 0 Å². The van der Waals surface area contributed by atoms with Crippen molar-refractivity contribution in [2.45, 2.75) is 46.1 Å². The van der Waals surface area contributed by atoms with Crippen molar-refractivity contribution in [1.82, 2.24) is 0 Å². The molecule has 90 valence electrons. The topological polar surface area (TPSA) is 77.8 Å². The molecule has 3 N–H and O–H groups in total. The standard InChI is InChI=1S/C6H14O2.C5H8O2/c1-2-6(8)4-3-5-7;1-4(2)3-5(6)7/h6-8H,2-5H2,1H3;3H,1-2H3,(H,6,7). The average molecular weight is 218 g/mol. The number of aliphatic carboxylic acids is 1. The van der Waals surface area contributed by atoms with E-state index in [0.717, 1.165) is 24.8 Å². The van der Waals surface area contributed by atoms with Gasteiger partial charge < -0.3 is 15.3 Å². The molecule has 0 amide bonds. The molecule has 15 heavy (non-hydrogen) atoms. The number of carbonyl (C=O) groups is 1. The van der Waals surface area contributed by atoms with E-state index in [9.17, 15) is 4.79 Å². The molecule has 0 heterocycles. The van der Waals surface area contributed by atoms with E-state index in [-0.39, 0.29) is 12.7 Å². The summed E-state index contributed by atoms with van der Waals surface area (Å²) in [6.45, 7) is 5.61. The Morgan fingerprint density at radius 1 is 1.40 bits per heavy atom. The monoisotopic (exact) mass is 218 g/mol. The quantitative estimate of drug-likeness (QED) is 0.612. The lowest BCUT2D eigenvalue weighted by atomic mass is 10.2. The van der Waals surface area contributed by atoms with Crippen molar-refractivity contribution in [1.29, 1.82) is 0 Å². The lowest BCUT2D eigenvalue weighted by Crippen LogP contribution is -2.04. The zero-order chi connectivity index (χ0) is 12.3. The van der Waals surface area contributed by atoms with Crippen LogP contribution >= 0.6 is 0 Å². The lowest BCUT2D eigenvalue weighted by Gasteiger charge is -2.03. The van der Waals surface area contributed by atoms with Gasteiger partial charge in [-0.1, -0.05) is 12.5 Å². The van der Waals surface area contributed by atoms with Crippen LogP contribution in [0.25, 0.3) is 0 Å². The minimum absolute atomic E-state index is 0.192. The fraction of sp³-hybridized carbons (Fsp3) is 0.727. The van der Waals surface area contributed by atoms with E-state index < -0.39 is 5.97 Å². The molecule has 0 spiro atoms. The highest BCUT2D eigenvalue weighted by molar-refractivity contribution is 5.80. The number of allylic oxidation sites excluding steroid dienone is 1. The van der Waals surface area contributed by atoms with Crippen LogP contribution in [0.15, 0.2) is 11.6 Å². The van der Waals surface area contributed by atoms with Crippen LogP contribution < -0.4 is 0 Å². The second-order valence-corrected chi connectivity index (χ2v) is 3.49. The van der Waals surface area contributed by atoms with Crippen LogP contribution in [0.5, 0.6) is 0 Å². The van der Waals surface area contributed by atoms with Gasteiger partial charge >= 0.3 is 5.97 Å². The lowest BCUT2D eigenvalue weighted by molar-refractivity contribution is -0.131. The van der Waals surface area contributed by atoms with Crippen molar-refractivity contribution < 1.29 is 20.1 Å². The van der Waals surface area contributed by atoms with Crippen LogP contribution in [-0.2, 0) is 4.79 Å². The maximum Gasteiger partial charge on any atom is 0.328 e. The second-order valence-electron chi connectivity index (χ2n) is 3.49. The van der Waals surface area contributed by atoms with Gasteiger partial charge in [-0.05, 0) is 33.1 Å². The molecule has 0 saturated carbocycles. The van der Waals surface area contributed by atoms with Gasteiger partial charge in [0.2, 0.25) is 0 Å². The molecule has 0 bridgehead atoms. The minimum atomic E-state index is -0.875. The number of hydrogen-bond acceptors (Lipinski definition) is 3. The molecule has 0 aromatic rings. The Morgan fingerprint density at radius 3 is 2.13 bits per heavy atom. The van der Waals surface area contributed by atoms with Crippen LogP contribution in [0.4, 0.5) is 0 Å². The number of hydrogen-bond donors (Lipinski definition) is 3. The molecule has 0 saturated heterocycles. The van der Waals surface area contributed by atoms with Gasteiger partial charge in [0, 0.05) is 12.7 Å². The first-order valence-electron chi connectivity index (χ1n) is 5.10. The summed E-state index contributed by atoms with van der Waals surface area (Å²) in [7, 11) is 0. The zero-order valence-electron chi connectivity index (χ0n) is 9.73. The van der Waals surface area contributed by atoms with E-state index in [4.69, 9.17) is 15.3 Å². The fourth-order valence-electron chi connectivity index (χ4n) is 0.778. The summed E-state index contributed by atoms with van der Waals surface area (Å²) < 4.78 is 0. The number of carboxylic acid groups (broad SMARTS) is 1. The predicted molar refractivity (Wildman–Crippen MR) is 59.7 cm³/mol. The van der Waals surface area contributed by atoms with E-state index in [1.807, 2.05) is 6.92 Å². The Labute approximate surface area is 91.2 Å². The van der Waals surface area contributed by atoms with E-state index in [1.54, 1.807) is 13.8 Å². The van der Waals surface area contributed by atoms with Gasteiger partial charge in [0.25, 0.3) is 0 Å². The van der Waals surface area contributed by atoms with Gasteiger partial charge in [0.05, 0.1) is 6.10 Å². The normalized spacial score (nSPS) is 11.0. The van der Waals surface area contributed by atoms with Gasteiger partial charge in [-0.15, -0.1) is 0 Å². The van der Waals surface area contributed by atoms with Crippen LogP contribution in [-0.4, -0.2) is 34.0 Å². The van der Waals surface area contributed by atoms with E-state index in [2.05, 4.69) is 0 Å². The number of carboxylic acids is 1. The smallest absolute Gasteiger partial charge is 0.328 e. The van der Waals surface area contributed by atoms with E-state index >= 15 is 0 Å². The molecule has 0 aromatic heterocycles. The average Bonchev–Trinajstić information content (AvgIpc) is 2.12. The molecule has 1 unspecified atom stereocenters. The molecular weight excluding hydrogens is 196 g/mol. The summed E-state index contributed by atoms with van der Waals surface area (Å²) in [4.78, 5) is 9.73. The molecule has 0 radical (unpaired) electrons. The first kappa shape index (κ1) is 16.6. The summed E-state index contributed by atoms with van der Waals surface area (Å²) in [6, 6.07) is 0. The number of aliphatic hydroxyl groups is 2. The Kier molecular flexibility index (Phi) is 12.4. The molecule has 0 rings (SSSR count). The van der Waals surface area contributed by atoms with Gasteiger partial charge in [0.1, 0.15) is 0 Å². The Balaban J connectivity index is 0. The van der Waals surface area contributed by atoms with Crippen molar-refractivity contribution >= 4 is 5.97 Å². The summed E-state index contributed by atoms with van der Waals surface area (Å²) >= 11 is 0. The van der Waals surface area contributed by atoms with Crippen LogP contribution in [0, 0.1) is 0 Å². The Hall–Kier alpha value is -0.870. The van der Waals surface area contributed by atoms with Crippen molar-refractivity contribution in [3.8, 4) is 0 Å². The maximum absolute atomic E-state index is 9.73. The molecule has 4 nitrogen and oxygen atoms in total. The number of rotatable bonds is 5. The van der Waals surface area contributed by atoms with Crippen LogP contribution in [0.3, 0.4) is 0 Å². The molecule has 0 fully saturated rings. The third kappa shape index (κ3) is 19.5. The van der Waals surface area contributed by atoms with Crippen molar-refractivity contribution in [2.24, 2.45) is 0 Å². The molecule has 0 aromatic carbocycles. The SMILES string of the molecule is CC(C)=CC(=O)O.CCC(O)CCCO. The highest BCUT2D eigenvalue weighted by Crippen LogP contribution is 1.98. The maximum atomic E-state index is 9.73. The van der Waals surface area contributed by atoms with Crippen molar-refractivity contribution in [2.75, 3.05) is 6.61 Å². The molecule has 1 atom stereocenters. The molecular formula is C11H22O4. The summed E-state index contributed by atoms with van der Waals surface area (Å²) in [5.41, 5.74) is 0.813. The van der Waals surface area contributed by atoms with Crippen LogP contribution in [0.1, 0.15) is 40.0 Å². The van der Waals surface area contributed by atoms with Crippen molar-refractivity contribution in [3.05, 3.63) is 11.6 Å². The zero-order valence-corrected chi connectivity index (χ0v) is 9.73. The minimum Gasteiger partial charge on any atom is -0.478 e. The Bertz CT molecular complexity index is 183. The first-order valence-corrected chi connectivity index (χ1v) is 5.10. The van der Waals surface area contributed by atoms with Gasteiger partial charge in [-0.2, -0.15) is 0 Å². The summed E-state index contributed by atoms with van der Waals surface area (Å²) in [5.74, 6) is -0.875. The molecule has 4 heteroatoms. The highest BCUT2D eigenvalue weighted by Gasteiger charge is 1.97. The van der Waals surface area contributed by atoms with E-state index in [0.29, 0.717) is 0 Å². The summed E-state index contributed by atoms with van der Waals surface area (Å²) in [5, 5.41) is 25.2. The summed E-state index contributed by atoms with van der Waals surface area (Å²) in [6.07, 6.45) is 3.20. The fourth-order valence-corrected chi connectivity index (χ4v) is 0.778. The van der Waals surface area contributed by atoms with Gasteiger partial charge in [-0.25, -0.2) is 4.79 Å². The predicted octanol–water partition coefficient (Wildman–Crippen LogP) is 1.57. The van der Waals surface area contributed by atoms with Gasteiger partial charge in [0.15, 0.2) is 0 Å². The first-order chi connectivity index (χ1) is 6.93. The third-order valence-electron chi connectivity index (χ3n) is 1.58. The third-order valence-corrected chi connectivity index (χ3v) is 1.58.